The predicted octanol–water partition coefficient (Wildman–Crippen LogP) is 5.29. The van der Waals surface area contributed by atoms with Crippen LogP contribution in [0.2, 0.25) is 0 Å². The minimum atomic E-state index is -1.31. The number of fused-ring (bicyclic) bond motifs is 2. The van der Waals surface area contributed by atoms with Crippen molar-refractivity contribution < 1.29 is 9.90 Å². The van der Waals surface area contributed by atoms with Gasteiger partial charge in [0.15, 0.2) is 0 Å². The third kappa shape index (κ3) is 5.78. The molecule has 1 heterocycles. The van der Waals surface area contributed by atoms with Crippen molar-refractivity contribution in [1.29, 1.82) is 0 Å². The number of hydrogen-bond acceptors (Lipinski definition) is 3. The standard InChI is InChI=1S/C31H43N3O2/c1-23(31(36,27-8-4-2-5-9-27)28-10-6-3-7-11-28)32-30(35)33-29-16-14-24(15-17-29)18-19-34-21-25-12-13-26(20-25)22-34/h2-11,23-26,29,36H,12-22H2,1H3,(H2,32,33,35)/t23-,24?,25?,26?,29?/m0/s1. The van der Waals surface area contributed by atoms with Gasteiger partial charge in [-0.2, -0.15) is 0 Å². The lowest BCUT2D eigenvalue weighted by atomic mass is 9.81. The molecule has 1 aliphatic heterocycles. The van der Waals surface area contributed by atoms with Gasteiger partial charge in [0.2, 0.25) is 0 Å². The summed E-state index contributed by atoms with van der Waals surface area (Å²) in [4.78, 5) is 15.7. The Morgan fingerprint density at radius 2 is 1.47 bits per heavy atom. The molecule has 2 unspecified atom stereocenters. The lowest BCUT2D eigenvalue weighted by Gasteiger charge is -2.37. The molecule has 2 aliphatic carbocycles. The Labute approximate surface area is 216 Å². The maximum Gasteiger partial charge on any atom is 0.315 e. The van der Waals surface area contributed by atoms with E-state index in [1.54, 1.807) is 0 Å². The molecular formula is C31H43N3O2. The molecule has 0 aromatic heterocycles. The first kappa shape index (κ1) is 25.3. The Morgan fingerprint density at radius 1 is 0.917 bits per heavy atom. The molecule has 194 valence electrons. The van der Waals surface area contributed by atoms with Crippen LogP contribution in [-0.4, -0.2) is 47.8 Å². The molecule has 3 aliphatic rings. The molecule has 2 amide bonds. The second-order valence-corrected chi connectivity index (χ2v) is 11.6. The maximum atomic E-state index is 13.0. The number of hydrogen-bond donors (Lipinski definition) is 3. The Kier molecular flexibility index (Phi) is 7.97. The highest BCUT2D eigenvalue weighted by molar-refractivity contribution is 5.75. The van der Waals surface area contributed by atoms with Gasteiger partial charge >= 0.3 is 6.03 Å². The Balaban J connectivity index is 1.10. The maximum absolute atomic E-state index is 13.0. The van der Waals surface area contributed by atoms with E-state index in [1.807, 2.05) is 67.6 Å². The predicted molar refractivity (Wildman–Crippen MR) is 145 cm³/mol. The number of carbonyl (C=O) groups excluding carboxylic acids is 1. The van der Waals surface area contributed by atoms with E-state index >= 15 is 0 Å². The Morgan fingerprint density at radius 3 is 2.03 bits per heavy atom. The largest absolute Gasteiger partial charge is 0.378 e. The third-order valence-corrected chi connectivity index (χ3v) is 9.12. The van der Waals surface area contributed by atoms with Crippen molar-refractivity contribution in [1.82, 2.24) is 15.5 Å². The highest BCUT2D eigenvalue weighted by Crippen LogP contribution is 2.37. The van der Waals surface area contributed by atoms with E-state index in [0.717, 1.165) is 41.7 Å². The van der Waals surface area contributed by atoms with E-state index in [1.165, 1.54) is 58.2 Å². The van der Waals surface area contributed by atoms with E-state index in [2.05, 4.69) is 15.5 Å². The molecule has 0 spiro atoms. The number of aliphatic hydroxyl groups is 1. The smallest absolute Gasteiger partial charge is 0.315 e. The number of likely N-dealkylation sites (tertiary alicyclic amines) is 1. The van der Waals surface area contributed by atoms with Crippen LogP contribution in [0.15, 0.2) is 60.7 Å². The van der Waals surface area contributed by atoms with Crippen LogP contribution in [0, 0.1) is 17.8 Å². The van der Waals surface area contributed by atoms with Gasteiger partial charge in [0.25, 0.3) is 0 Å². The van der Waals surface area contributed by atoms with Crippen LogP contribution in [0.1, 0.15) is 69.4 Å². The minimum Gasteiger partial charge on any atom is -0.378 e. The monoisotopic (exact) mass is 489 g/mol. The highest BCUT2D eigenvalue weighted by Gasteiger charge is 2.39. The van der Waals surface area contributed by atoms with Gasteiger partial charge in [0.05, 0.1) is 6.04 Å². The van der Waals surface area contributed by atoms with Crippen molar-refractivity contribution in [2.24, 2.45) is 17.8 Å². The molecule has 3 fully saturated rings. The number of carbonyl (C=O) groups is 1. The number of rotatable bonds is 8. The first-order valence-electron chi connectivity index (χ1n) is 14.1. The van der Waals surface area contributed by atoms with Gasteiger partial charge in [0.1, 0.15) is 5.60 Å². The summed E-state index contributed by atoms with van der Waals surface area (Å²) in [6.45, 7) is 5.78. The van der Waals surface area contributed by atoms with Gasteiger partial charge in [-0.05, 0) is 93.7 Å². The molecule has 2 aromatic rings. The Bertz CT molecular complexity index is 922. The fraction of sp³-hybridized carbons (Fsp3) is 0.581. The average molecular weight is 490 g/mol. The molecule has 0 radical (unpaired) electrons. The van der Waals surface area contributed by atoms with Crippen molar-refractivity contribution in [3.63, 3.8) is 0 Å². The van der Waals surface area contributed by atoms with Crippen molar-refractivity contribution in [2.75, 3.05) is 19.6 Å². The minimum absolute atomic E-state index is 0.194. The molecule has 2 aromatic carbocycles. The van der Waals surface area contributed by atoms with E-state index in [4.69, 9.17) is 0 Å². The number of urea groups is 1. The summed E-state index contributed by atoms with van der Waals surface area (Å²) >= 11 is 0. The van der Waals surface area contributed by atoms with Gasteiger partial charge < -0.3 is 20.6 Å². The van der Waals surface area contributed by atoms with Crippen LogP contribution in [0.3, 0.4) is 0 Å². The quantitative estimate of drug-likeness (QED) is 0.472. The SMILES string of the molecule is C[C@H](NC(=O)NC1CCC(CCN2CC3CCC(C3)C2)CC1)C(O)(c1ccccc1)c1ccccc1. The van der Waals surface area contributed by atoms with Crippen LogP contribution in [0.4, 0.5) is 4.79 Å². The normalized spacial score (nSPS) is 27.4. The molecule has 2 saturated carbocycles. The van der Waals surface area contributed by atoms with Crippen LogP contribution < -0.4 is 10.6 Å². The van der Waals surface area contributed by atoms with Crippen LogP contribution in [0.5, 0.6) is 0 Å². The van der Waals surface area contributed by atoms with Crippen LogP contribution >= 0.6 is 0 Å². The molecule has 1 saturated heterocycles. The zero-order chi connectivity index (χ0) is 25.0. The molecule has 3 N–H and O–H groups in total. The third-order valence-electron chi connectivity index (χ3n) is 9.12. The zero-order valence-corrected chi connectivity index (χ0v) is 21.7. The van der Waals surface area contributed by atoms with Crippen molar-refractivity contribution in [3.05, 3.63) is 71.8 Å². The molecule has 5 heteroatoms. The highest BCUT2D eigenvalue weighted by atomic mass is 16.3. The number of piperidine rings is 1. The van der Waals surface area contributed by atoms with Gasteiger partial charge in [-0.3, -0.25) is 0 Å². The fourth-order valence-electron chi connectivity index (χ4n) is 7.04. The number of nitrogens with zero attached hydrogens (tertiary/aromatic N) is 1. The van der Waals surface area contributed by atoms with Gasteiger partial charge in [-0.15, -0.1) is 0 Å². The molecule has 5 nitrogen and oxygen atoms in total. The van der Waals surface area contributed by atoms with E-state index in [0.29, 0.717) is 0 Å². The van der Waals surface area contributed by atoms with Crippen molar-refractivity contribution >= 4 is 6.03 Å². The fourth-order valence-corrected chi connectivity index (χ4v) is 7.04. The van der Waals surface area contributed by atoms with E-state index < -0.39 is 11.6 Å². The second-order valence-electron chi connectivity index (χ2n) is 11.6. The molecule has 2 bridgehead atoms. The van der Waals surface area contributed by atoms with Crippen molar-refractivity contribution in [3.8, 4) is 0 Å². The summed E-state index contributed by atoms with van der Waals surface area (Å²) < 4.78 is 0. The van der Waals surface area contributed by atoms with Gasteiger partial charge in [0, 0.05) is 19.1 Å². The molecular weight excluding hydrogens is 446 g/mol. The number of benzene rings is 2. The summed E-state index contributed by atoms with van der Waals surface area (Å²) in [6.07, 6.45) is 10.1. The van der Waals surface area contributed by atoms with Gasteiger partial charge in [-0.25, -0.2) is 4.79 Å². The van der Waals surface area contributed by atoms with E-state index in [9.17, 15) is 9.90 Å². The average Bonchev–Trinajstić information content (AvgIpc) is 3.26. The summed E-state index contributed by atoms with van der Waals surface area (Å²) in [7, 11) is 0. The summed E-state index contributed by atoms with van der Waals surface area (Å²) in [6, 6.07) is 18.7. The van der Waals surface area contributed by atoms with Crippen LogP contribution in [-0.2, 0) is 5.60 Å². The number of amides is 2. The van der Waals surface area contributed by atoms with Gasteiger partial charge in [-0.1, -0.05) is 60.7 Å². The first-order chi connectivity index (χ1) is 17.5. The molecule has 3 atom stereocenters. The summed E-state index contributed by atoms with van der Waals surface area (Å²) in [5.74, 6) is 2.71. The topological polar surface area (TPSA) is 64.6 Å². The van der Waals surface area contributed by atoms with Crippen molar-refractivity contribution in [2.45, 2.75) is 76.0 Å². The molecule has 5 rings (SSSR count). The molecule has 36 heavy (non-hydrogen) atoms. The van der Waals surface area contributed by atoms with E-state index in [-0.39, 0.29) is 12.1 Å². The lowest BCUT2D eigenvalue weighted by Crippen LogP contribution is -2.54. The zero-order valence-electron chi connectivity index (χ0n) is 21.7. The summed E-state index contributed by atoms with van der Waals surface area (Å²) in [5.41, 5.74) is 0.225. The lowest BCUT2D eigenvalue weighted by molar-refractivity contribution is 0.0470. The first-order valence-corrected chi connectivity index (χ1v) is 14.1. The summed E-state index contributed by atoms with van der Waals surface area (Å²) in [5, 5.41) is 18.1. The number of nitrogens with one attached hydrogen (secondary N) is 2. The van der Waals surface area contributed by atoms with Crippen LogP contribution in [0.25, 0.3) is 0 Å². The second kappa shape index (κ2) is 11.4. The Hall–Kier alpha value is -2.37.